The van der Waals surface area contributed by atoms with Crippen LogP contribution in [0.4, 0.5) is 13.2 Å². The predicted molar refractivity (Wildman–Crippen MR) is 132 cm³/mol. The van der Waals surface area contributed by atoms with Gasteiger partial charge in [-0.25, -0.2) is 18.0 Å². The summed E-state index contributed by atoms with van der Waals surface area (Å²) in [5, 5.41) is 8.82. The molecule has 36 heavy (non-hydrogen) atoms. The maximum atomic E-state index is 15.4. The number of nitrogens with two attached hydrogens (primary N) is 1. The maximum absolute atomic E-state index is 15.4. The lowest BCUT2D eigenvalue weighted by molar-refractivity contribution is -0.131. The first-order chi connectivity index (χ1) is 16.8. The Morgan fingerprint density at radius 2 is 1.86 bits per heavy atom. The number of aliphatic imine (C=N–C) groups is 1. The highest BCUT2D eigenvalue weighted by atomic mass is 19.1. The molecule has 0 saturated carbocycles. The molecule has 2 aromatic rings. The summed E-state index contributed by atoms with van der Waals surface area (Å²) in [5.74, 6) is -3.30. The van der Waals surface area contributed by atoms with Crippen LogP contribution >= 0.6 is 0 Å². The van der Waals surface area contributed by atoms with Crippen molar-refractivity contribution in [3.63, 3.8) is 0 Å². The van der Waals surface area contributed by atoms with Crippen LogP contribution in [0.15, 0.2) is 41.4 Å². The molecule has 0 aromatic heterocycles. The van der Waals surface area contributed by atoms with Gasteiger partial charge in [0.2, 0.25) is 5.91 Å². The molecular formula is C27H30F3N3O3. The van der Waals surface area contributed by atoms with Gasteiger partial charge in [-0.2, -0.15) is 4.99 Å². The molecule has 192 valence electrons. The fraction of sp³-hybridized carbons (Fsp3) is 0.370. The van der Waals surface area contributed by atoms with Gasteiger partial charge in [0.25, 0.3) is 0 Å². The van der Waals surface area contributed by atoms with E-state index in [1.807, 2.05) is 6.92 Å². The number of carboxylic acids is 1. The third-order valence-corrected chi connectivity index (χ3v) is 6.05. The maximum Gasteiger partial charge on any atom is 0.328 e. The van der Waals surface area contributed by atoms with E-state index in [2.05, 4.69) is 4.99 Å². The molecule has 2 aromatic carbocycles. The molecule has 0 saturated heterocycles. The highest BCUT2D eigenvalue weighted by Crippen LogP contribution is 2.41. The second kappa shape index (κ2) is 10.7. The minimum absolute atomic E-state index is 0.0492. The van der Waals surface area contributed by atoms with E-state index in [-0.39, 0.29) is 41.9 Å². The van der Waals surface area contributed by atoms with Gasteiger partial charge in [0.05, 0.1) is 6.04 Å². The quantitative estimate of drug-likeness (QED) is 0.323. The Kier molecular flexibility index (Phi) is 8.03. The Hall–Kier alpha value is -3.46. The number of hydrogen-bond acceptors (Lipinski definition) is 3. The van der Waals surface area contributed by atoms with E-state index >= 15 is 8.78 Å². The lowest BCUT2D eigenvalue weighted by Crippen LogP contribution is -2.48. The van der Waals surface area contributed by atoms with Crippen LogP contribution in [-0.4, -0.2) is 46.0 Å². The van der Waals surface area contributed by atoms with Crippen molar-refractivity contribution >= 4 is 23.8 Å². The van der Waals surface area contributed by atoms with Gasteiger partial charge < -0.3 is 10.8 Å². The molecule has 9 heteroatoms. The van der Waals surface area contributed by atoms with Crippen molar-refractivity contribution in [2.24, 2.45) is 10.7 Å². The zero-order chi connectivity index (χ0) is 26.8. The number of amides is 1. The predicted octanol–water partition coefficient (Wildman–Crippen LogP) is 4.79. The molecule has 0 radical (unpaired) electrons. The lowest BCUT2D eigenvalue weighted by atomic mass is 9.82. The van der Waals surface area contributed by atoms with E-state index in [0.29, 0.717) is 17.5 Å². The van der Waals surface area contributed by atoms with Gasteiger partial charge in [0.15, 0.2) is 0 Å². The van der Waals surface area contributed by atoms with Gasteiger partial charge in [-0.15, -0.1) is 0 Å². The van der Waals surface area contributed by atoms with Crippen LogP contribution in [0.1, 0.15) is 68.0 Å². The summed E-state index contributed by atoms with van der Waals surface area (Å²) in [4.78, 5) is 28.1. The molecule has 1 heterocycles. The van der Waals surface area contributed by atoms with Gasteiger partial charge in [-0.3, -0.25) is 9.69 Å². The number of rotatable bonds is 7. The summed E-state index contributed by atoms with van der Waals surface area (Å²) >= 11 is 0. The number of halogens is 3. The fourth-order valence-corrected chi connectivity index (χ4v) is 4.49. The number of carbonyl (C=O) groups is 2. The average molecular weight is 502 g/mol. The molecule has 1 amide bonds. The van der Waals surface area contributed by atoms with Crippen LogP contribution in [0.2, 0.25) is 0 Å². The Bertz CT molecular complexity index is 1210. The molecule has 0 spiro atoms. The van der Waals surface area contributed by atoms with Crippen molar-refractivity contribution in [2.45, 2.75) is 58.3 Å². The second-order valence-electron chi connectivity index (χ2n) is 9.57. The lowest BCUT2D eigenvalue weighted by Gasteiger charge is -2.44. The number of nitrogens with zero attached hydrogens (tertiary/aromatic N) is 2. The first-order valence-corrected chi connectivity index (χ1v) is 11.7. The molecule has 0 bridgehead atoms. The van der Waals surface area contributed by atoms with E-state index in [0.717, 1.165) is 29.8 Å². The van der Waals surface area contributed by atoms with Crippen molar-refractivity contribution < 1.29 is 27.9 Å². The van der Waals surface area contributed by atoms with Gasteiger partial charge in [-0.1, -0.05) is 19.1 Å². The van der Waals surface area contributed by atoms with Gasteiger partial charge in [0.1, 0.15) is 23.1 Å². The third kappa shape index (κ3) is 6.20. The van der Waals surface area contributed by atoms with Crippen LogP contribution in [-0.2, 0) is 16.0 Å². The number of hydrogen-bond donors (Lipinski definition) is 2. The number of aliphatic carboxylic acids is 1. The zero-order valence-electron chi connectivity index (χ0n) is 20.7. The Labute approximate surface area is 208 Å². The van der Waals surface area contributed by atoms with E-state index in [4.69, 9.17) is 10.8 Å². The van der Waals surface area contributed by atoms with Crippen LogP contribution in [0.25, 0.3) is 6.08 Å². The number of carbonyl (C=O) groups excluding carboxylic acids is 1. The summed E-state index contributed by atoms with van der Waals surface area (Å²) < 4.78 is 45.7. The fourth-order valence-electron chi connectivity index (χ4n) is 4.49. The first-order valence-electron chi connectivity index (χ1n) is 11.7. The number of alkyl halides is 1. The highest BCUT2D eigenvalue weighted by Gasteiger charge is 2.39. The van der Waals surface area contributed by atoms with Crippen molar-refractivity contribution in [3.8, 4) is 0 Å². The van der Waals surface area contributed by atoms with Crippen LogP contribution < -0.4 is 5.73 Å². The topological polar surface area (TPSA) is 96.0 Å². The molecule has 0 aliphatic carbocycles. The Balaban J connectivity index is 2.18. The van der Waals surface area contributed by atoms with E-state index in [1.165, 1.54) is 13.8 Å². The summed E-state index contributed by atoms with van der Waals surface area (Å²) in [6, 6.07) is 5.94. The Morgan fingerprint density at radius 3 is 2.42 bits per heavy atom. The van der Waals surface area contributed by atoms with Crippen molar-refractivity contribution in [1.82, 2.24) is 4.90 Å². The standard InChI is InChI=1S/C27H30F3N3O3/c1-5-22(34)32-26(31)17-7-8-19-18(13-17)10-15(2)33(14-27(3,4)30)25(19)24-20(28)11-16(12-21(24)29)6-9-23(35)36/h6-9,11-13,15,25H,5,10,14H2,1-4H3,(H,35,36)(H2,31,32,34)/b9-6+. The minimum atomic E-state index is -1.64. The van der Waals surface area contributed by atoms with Gasteiger partial charge in [-0.05, 0) is 68.2 Å². The number of amidine groups is 1. The van der Waals surface area contributed by atoms with Crippen molar-refractivity contribution in [3.05, 3.63) is 75.9 Å². The minimum Gasteiger partial charge on any atom is -0.478 e. The normalized spacial score (nSPS) is 18.9. The molecular weight excluding hydrogens is 471 g/mol. The van der Waals surface area contributed by atoms with Gasteiger partial charge in [0, 0.05) is 36.2 Å². The van der Waals surface area contributed by atoms with Crippen molar-refractivity contribution in [2.75, 3.05) is 6.54 Å². The first kappa shape index (κ1) is 27.1. The van der Waals surface area contributed by atoms with E-state index in [9.17, 15) is 14.0 Å². The zero-order valence-corrected chi connectivity index (χ0v) is 20.7. The SMILES string of the molecule is CCC(=O)N=C(N)c1ccc2c(c1)CC(C)N(CC(C)(C)F)C2c1c(F)cc(/C=C/C(=O)O)cc1F. The smallest absolute Gasteiger partial charge is 0.328 e. The molecule has 2 unspecified atom stereocenters. The number of fused-ring (bicyclic) bond motifs is 1. The molecule has 6 nitrogen and oxygen atoms in total. The molecule has 1 aliphatic heterocycles. The highest BCUT2D eigenvalue weighted by molar-refractivity contribution is 6.04. The van der Waals surface area contributed by atoms with E-state index < -0.39 is 29.3 Å². The average Bonchev–Trinajstić information content (AvgIpc) is 2.77. The molecule has 3 rings (SSSR count). The van der Waals surface area contributed by atoms with Crippen LogP contribution in [0.3, 0.4) is 0 Å². The molecule has 0 fully saturated rings. The second-order valence-corrected chi connectivity index (χ2v) is 9.57. The molecule has 3 N–H and O–H groups in total. The van der Waals surface area contributed by atoms with Gasteiger partial charge >= 0.3 is 5.97 Å². The Morgan fingerprint density at radius 1 is 1.22 bits per heavy atom. The summed E-state index contributed by atoms with van der Waals surface area (Å²) in [6.45, 7) is 6.26. The third-order valence-electron chi connectivity index (χ3n) is 6.05. The monoisotopic (exact) mass is 501 g/mol. The molecule has 2 atom stereocenters. The molecule has 1 aliphatic rings. The van der Waals surface area contributed by atoms with Crippen LogP contribution in [0, 0.1) is 11.6 Å². The number of carboxylic acid groups (broad SMARTS) is 1. The van der Waals surface area contributed by atoms with E-state index in [1.54, 1.807) is 30.0 Å². The summed E-state index contributed by atoms with van der Waals surface area (Å²) in [7, 11) is 0. The van der Waals surface area contributed by atoms with Crippen molar-refractivity contribution in [1.29, 1.82) is 0 Å². The number of benzene rings is 2. The summed E-state index contributed by atoms with van der Waals surface area (Å²) in [5.41, 5.74) is 6.02. The van der Waals surface area contributed by atoms with Crippen LogP contribution in [0.5, 0.6) is 0 Å². The summed E-state index contributed by atoms with van der Waals surface area (Å²) in [6.07, 6.45) is 2.56. The largest absolute Gasteiger partial charge is 0.478 e.